The maximum atomic E-state index is 9.42. The summed E-state index contributed by atoms with van der Waals surface area (Å²) in [6, 6.07) is 0.278. The zero-order valence-electron chi connectivity index (χ0n) is 8.91. The fourth-order valence-corrected chi connectivity index (χ4v) is 0.744. The third-order valence-corrected chi connectivity index (χ3v) is 1.65. The van der Waals surface area contributed by atoms with E-state index >= 15 is 0 Å². The van der Waals surface area contributed by atoms with Gasteiger partial charge in [0, 0.05) is 6.04 Å². The van der Waals surface area contributed by atoms with Crippen molar-refractivity contribution in [2.24, 2.45) is 16.6 Å². The van der Waals surface area contributed by atoms with Crippen LogP contribution in [0.25, 0.3) is 0 Å². The van der Waals surface area contributed by atoms with Crippen molar-refractivity contribution in [1.29, 1.82) is 0 Å². The van der Waals surface area contributed by atoms with Gasteiger partial charge < -0.3 is 16.2 Å². The van der Waals surface area contributed by atoms with E-state index in [1.165, 1.54) is 0 Å². The van der Waals surface area contributed by atoms with E-state index in [4.69, 9.17) is 5.73 Å². The molecule has 0 bridgehead atoms. The Hall–Kier alpha value is -0.770. The fourth-order valence-electron chi connectivity index (χ4n) is 0.744. The topological polar surface area (TPSA) is 70.6 Å². The molecule has 1 atom stereocenters. The van der Waals surface area contributed by atoms with E-state index in [0.717, 1.165) is 0 Å². The van der Waals surface area contributed by atoms with E-state index < -0.39 is 6.10 Å². The first-order chi connectivity index (χ1) is 5.93. The third kappa shape index (κ3) is 6.40. The first-order valence-corrected chi connectivity index (χ1v) is 4.68. The van der Waals surface area contributed by atoms with Gasteiger partial charge in [0.05, 0.1) is 12.6 Å². The average Bonchev–Trinajstić information content (AvgIpc) is 1.98. The number of rotatable bonds is 4. The molecule has 0 aromatic rings. The summed E-state index contributed by atoms with van der Waals surface area (Å²) in [7, 11) is 0. The molecule has 0 amide bonds. The molecule has 0 rings (SSSR count). The summed E-state index contributed by atoms with van der Waals surface area (Å²) >= 11 is 0. The van der Waals surface area contributed by atoms with Crippen molar-refractivity contribution in [1.82, 2.24) is 5.32 Å². The highest BCUT2D eigenvalue weighted by Crippen LogP contribution is 2.00. The normalized spacial score (nSPS) is 15.2. The second kappa shape index (κ2) is 5.80. The maximum absolute atomic E-state index is 9.42. The van der Waals surface area contributed by atoms with Crippen LogP contribution in [-0.4, -0.2) is 29.8 Å². The lowest BCUT2D eigenvalue weighted by Gasteiger charge is -2.13. The Morgan fingerprint density at radius 2 is 1.92 bits per heavy atom. The van der Waals surface area contributed by atoms with Gasteiger partial charge in [0.15, 0.2) is 5.96 Å². The lowest BCUT2D eigenvalue weighted by Crippen LogP contribution is -2.37. The average molecular weight is 187 g/mol. The van der Waals surface area contributed by atoms with Gasteiger partial charge in [-0.3, -0.25) is 4.99 Å². The first kappa shape index (κ1) is 12.2. The van der Waals surface area contributed by atoms with Crippen molar-refractivity contribution in [3.8, 4) is 0 Å². The highest BCUT2D eigenvalue weighted by atomic mass is 16.3. The molecule has 4 heteroatoms. The number of aliphatic hydroxyl groups excluding tert-OH is 1. The number of nitrogens with one attached hydrogen (secondary N) is 1. The van der Waals surface area contributed by atoms with E-state index in [1.54, 1.807) is 0 Å². The quantitative estimate of drug-likeness (QED) is 0.438. The lowest BCUT2D eigenvalue weighted by molar-refractivity contribution is 0.134. The second-order valence-corrected chi connectivity index (χ2v) is 3.84. The molecule has 78 valence electrons. The van der Waals surface area contributed by atoms with Crippen molar-refractivity contribution >= 4 is 5.96 Å². The molecule has 0 saturated heterocycles. The fraction of sp³-hybridized carbons (Fsp3) is 0.889. The molecule has 0 aliphatic carbocycles. The second-order valence-electron chi connectivity index (χ2n) is 3.84. The van der Waals surface area contributed by atoms with Gasteiger partial charge in [-0.15, -0.1) is 0 Å². The smallest absolute Gasteiger partial charge is 0.188 e. The zero-order valence-corrected chi connectivity index (χ0v) is 8.91. The minimum Gasteiger partial charge on any atom is -0.391 e. The number of hydrogen-bond acceptors (Lipinski definition) is 2. The van der Waals surface area contributed by atoms with Gasteiger partial charge in [0.2, 0.25) is 0 Å². The van der Waals surface area contributed by atoms with E-state index in [9.17, 15) is 5.11 Å². The minimum absolute atomic E-state index is 0.218. The van der Waals surface area contributed by atoms with Crippen molar-refractivity contribution in [2.45, 2.75) is 39.8 Å². The van der Waals surface area contributed by atoms with Crippen molar-refractivity contribution in [3.63, 3.8) is 0 Å². The summed E-state index contributed by atoms with van der Waals surface area (Å²) in [4.78, 5) is 4.02. The molecule has 0 aromatic heterocycles. The summed E-state index contributed by atoms with van der Waals surface area (Å²) in [5.41, 5.74) is 5.55. The molecule has 13 heavy (non-hydrogen) atoms. The van der Waals surface area contributed by atoms with Gasteiger partial charge in [-0.25, -0.2) is 0 Å². The summed E-state index contributed by atoms with van der Waals surface area (Å²) < 4.78 is 0. The molecule has 0 aliphatic rings. The first-order valence-electron chi connectivity index (χ1n) is 4.68. The van der Waals surface area contributed by atoms with Crippen LogP contribution >= 0.6 is 0 Å². The molecular formula is C9H21N3O. The van der Waals surface area contributed by atoms with Crippen molar-refractivity contribution in [3.05, 3.63) is 0 Å². The molecule has 0 aliphatic heterocycles. The molecule has 4 nitrogen and oxygen atoms in total. The number of hydrogen-bond donors (Lipinski definition) is 3. The number of nitrogens with zero attached hydrogens (tertiary/aromatic N) is 1. The predicted molar refractivity (Wildman–Crippen MR) is 55.6 cm³/mol. The van der Waals surface area contributed by atoms with Gasteiger partial charge in [0.1, 0.15) is 0 Å². The summed E-state index contributed by atoms with van der Waals surface area (Å²) in [6.07, 6.45) is -0.410. The molecule has 0 radical (unpaired) electrons. The van der Waals surface area contributed by atoms with E-state index in [1.807, 2.05) is 27.7 Å². The summed E-state index contributed by atoms with van der Waals surface area (Å²) in [6.45, 7) is 8.24. The largest absolute Gasteiger partial charge is 0.391 e. The van der Waals surface area contributed by atoms with E-state index in [-0.39, 0.29) is 12.0 Å². The Balaban J connectivity index is 3.82. The zero-order chi connectivity index (χ0) is 10.4. The highest BCUT2D eigenvalue weighted by Gasteiger charge is 2.07. The summed E-state index contributed by atoms with van der Waals surface area (Å²) in [5, 5.41) is 12.4. The van der Waals surface area contributed by atoms with Gasteiger partial charge in [-0.05, 0) is 19.8 Å². The maximum Gasteiger partial charge on any atom is 0.188 e. The van der Waals surface area contributed by atoms with Crippen LogP contribution in [0.2, 0.25) is 0 Å². The van der Waals surface area contributed by atoms with Crippen LogP contribution in [0.15, 0.2) is 4.99 Å². The summed E-state index contributed by atoms with van der Waals surface area (Å²) in [5.74, 6) is 0.616. The number of nitrogens with two attached hydrogens (primary N) is 1. The van der Waals surface area contributed by atoms with Crippen molar-refractivity contribution < 1.29 is 5.11 Å². The van der Waals surface area contributed by atoms with Gasteiger partial charge in [0.25, 0.3) is 0 Å². The predicted octanol–water partition coefficient (Wildman–Crippen LogP) is 0.316. The molecule has 1 unspecified atom stereocenters. The Morgan fingerprint density at radius 3 is 2.31 bits per heavy atom. The van der Waals surface area contributed by atoms with E-state index in [2.05, 4.69) is 10.3 Å². The van der Waals surface area contributed by atoms with Crippen LogP contribution in [0.1, 0.15) is 27.7 Å². The molecule has 0 fully saturated rings. The molecule has 4 N–H and O–H groups in total. The van der Waals surface area contributed by atoms with E-state index in [0.29, 0.717) is 12.5 Å². The van der Waals surface area contributed by atoms with Crippen LogP contribution in [0.3, 0.4) is 0 Å². The standard InChI is InChI=1S/C9H21N3O/c1-6(2)8(13)5-11-9(10)12-7(3)4/h6-8,13H,5H2,1-4H3,(H3,10,11,12). The molecule has 0 aromatic carbocycles. The molecule has 0 spiro atoms. The Bertz CT molecular complexity index is 166. The van der Waals surface area contributed by atoms with Gasteiger partial charge in [-0.2, -0.15) is 0 Å². The van der Waals surface area contributed by atoms with Crippen LogP contribution in [0.4, 0.5) is 0 Å². The minimum atomic E-state index is -0.410. The molecule has 0 saturated carbocycles. The SMILES string of the molecule is CC(C)NC(N)=NCC(O)C(C)C. The van der Waals surface area contributed by atoms with Crippen molar-refractivity contribution in [2.75, 3.05) is 6.54 Å². The number of aliphatic hydroxyl groups is 1. The Kier molecular flexibility index (Phi) is 5.46. The lowest BCUT2D eigenvalue weighted by atomic mass is 10.1. The van der Waals surface area contributed by atoms with Crippen LogP contribution in [0, 0.1) is 5.92 Å². The van der Waals surface area contributed by atoms with Crippen LogP contribution < -0.4 is 11.1 Å². The van der Waals surface area contributed by atoms with Crippen LogP contribution in [-0.2, 0) is 0 Å². The van der Waals surface area contributed by atoms with Gasteiger partial charge >= 0.3 is 0 Å². The number of guanidine groups is 1. The Labute approximate surface area is 80.2 Å². The molecule has 0 heterocycles. The van der Waals surface area contributed by atoms with Gasteiger partial charge in [-0.1, -0.05) is 13.8 Å². The third-order valence-electron chi connectivity index (χ3n) is 1.65. The monoisotopic (exact) mass is 187 g/mol. The number of aliphatic imine (C=N–C) groups is 1. The highest BCUT2D eigenvalue weighted by molar-refractivity contribution is 5.78. The Morgan fingerprint density at radius 1 is 1.38 bits per heavy atom. The van der Waals surface area contributed by atoms with Crippen LogP contribution in [0.5, 0.6) is 0 Å². The molecular weight excluding hydrogens is 166 g/mol.